The van der Waals surface area contributed by atoms with Crippen molar-refractivity contribution in [3.63, 3.8) is 0 Å². The summed E-state index contributed by atoms with van der Waals surface area (Å²) in [7, 11) is 0. The van der Waals surface area contributed by atoms with Crippen molar-refractivity contribution >= 4 is 22.6 Å². The highest BCUT2D eigenvalue weighted by atomic mass is 35.5. The van der Waals surface area contributed by atoms with Crippen LogP contribution in [0.15, 0.2) is 18.3 Å². The second kappa shape index (κ2) is 2.48. The summed E-state index contributed by atoms with van der Waals surface area (Å²) in [4.78, 5) is 7.54. The lowest BCUT2D eigenvalue weighted by molar-refractivity contribution is 1.05. The van der Waals surface area contributed by atoms with Crippen molar-refractivity contribution in [2.45, 2.75) is 18.8 Å². The van der Waals surface area contributed by atoms with Gasteiger partial charge in [0.1, 0.15) is 5.65 Å². The third-order valence-electron chi connectivity index (χ3n) is 2.47. The molecule has 2 nitrogen and oxygen atoms in total. The van der Waals surface area contributed by atoms with Crippen molar-refractivity contribution in [2.75, 3.05) is 0 Å². The highest BCUT2D eigenvalue weighted by Crippen LogP contribution is 2.40. The maximum atomic E-state index is 5.85. The van der Waals surface area contributed by atoms with E-state index in [0.29, 0.717) is 5.02 Å². The summed E-state index contributed by atoms with van der Waals surface area (Å²) in [5.41, 5.74) is 2.26. The van der Waals surface area contributed by atoms with E-state index in [1.54, 1.807) is 6.20 Å². The molecule has 1 fully saturated rings. The molecule has 0 aliphatic heterocycles. The van der Waals surface area contributed by atoms with Gasteiger partial charge in [-0.05, 0) is 30.9 Å². The van der Waals surface area contributed by atoms with Gasteiger partial charge in [0.2, 0.25) is 0 Å². The molecule has 2 aromatic heterocycles. The maximum Gasteiger partial charge on any atom is 0.137 e. The van der Waals surface area contributed by atoms with E-state index >= 15 is 0 Å². The molecule has 3 heteroatoms. The van der Waals surface area contributed by atoms with Gasteiger partial charge in [-0.15, -0.1) is 0 Å². The lowest BCUT2D eigenvalue weighted by atomic mass is 10.2. The standard InChI is InChI=1S/C10H9ClN2/c11-8-3-7-4-9(6-1-2-6)13-10(7)12-5-8/h3-6H,1-2H2,(H,12,13). The predicted octanol–water partition coefficient (Wildman–Crippen LogP) is 3.09. The molecule has 1 N–H and O–H groups in total. The number of aromatic amines is 1. The van der Waals surface area contributed by atoms with Gasteiger partial charge in [-0.3, -0.25) is 0 Å². The molecule has 0 aromatic carbocycles. The summed E-state index contributed by atoms with van der Waals surface area (Å²) >= 11 is 5.85. The molecule has 1 saturated carbocycles. The summed E-state index contributed by atoms with van der Waals surface area (Å²) < 4.78 is 0. The number of H-pyrrole nitrogens is 1. The molecule has 66 valence electrons. The third kappa shape index (κ3) is 1.22. The largest absolute Gasteiger partial charge is 0.343 e. The van der Waals surface area contributed by atoms with Crippen LogP contribution in [0.1, 0.15) is 24.5 Å². The molecule has 0 radical (unpaired) electrons. The zero-order chi connectivity index (χ0) is 8.84. The highest BCUT2D eigenvalue weighted by Gasteiger charge is 2.25. The van der Waals surface area contributed by atoms with E-state index in [9.17, 15) is 0 Å². The van der Waals surface area contributed by atoms with Crippen molar-refractivity contribution < 1.29 is 0 Å². The number of pyridine rings is 1. The van der Waals surface area contributed by atoms with Crippen molar-refractivity contribution in [1.29, 1.82) is 0 Å². The second-order valence-electron chi connectivity index (χ2n) is 3.59. The van der Waals surface area contributed by atoms with Crippen LogP contribution in [0, 0.1) is 0 Å². The number of hydrogen-bond donors (Lipinski definition) is 1. The first-order valence-corrected chi connectivity index (χ1v) is 4.85. The first-order chi connectivity index (χ1) is 6.33. The molecule has 2 heterocycles. The fraction of sp³-hybridized carbons (Fsp3) is 0.300. The molecule has 0 bridgehead atoms. The Bertz CT molecular complexity index is 457. The number of nitrogens with zero attached hydrogens (tertiary/aromatic N) is 1. The molecular formula is C10H9ClN2. The molecule has 0 atom stereocenters. The van der Waals surface area contributed by atoms with Gasteiger partial charge >= 0.3 is 0 Å². The van der Waals surface area contributed by atoms with E-state index in [1.165, 1.54) is 18.5 Å². The van der Waals surface area contributed by atoms with Crippen LogP contribution in [0.5, 0.6) is 0 Å². The van der Waals surface area contributed by atoms with Crippen LogP contribution in [0.3, 0.4) is 0 Å². The van der Waals surface area contributed by atoms with Gasteiger partial charge in [0.15, 0.2) is 0 Å². The van der Waals surface area contributed by atoms with Gasteiger partial charge in [-0.2, -0.15) is 0 Å². The van der Waals surface area contributed by atoms with Crippen LogP contribution < -0.4 is 0 Å². The highest BCUT2D eigenvalue weighted by molar-refractivity contribution is 6.31. The van der Waals surface area contributed by atoms with E-state index in [2.05, 4.69) is 16.0 Å². The van der Waals surface area contributed by atoms with E-state index in [4.69, 9.17) is 11.6 Å². The number of nitrogens with one attached hydrogen (secondary N) is 1. The van der Waals surface area contributed by atoms with Gasteiger partial charge in [0.05, 0.1) is 5.02 Å². The Morgan fingerprint density at radius 3 is 3.00 bits per heavy atom. The SMILES string of the molecule is Clc1cnc2[nH]c(C3CC3)cc2c1. The minimum atomic E-state index is 0.703. The normalized spacial score (nSPS) is 16.7. The lowest BCUT2D eigenvalue weighted by Gasteiger charge is -1.88. The van der Waals surface area contributed by atoms with Crippen LogP contribution in [-0.4, -0.2) is 9.97 Å². The first kappa shape index (κ1) is 7.39. The van der Waals surface area contributed by atoms with Gasteiger partial charge in [-0.1, -0.05) is 11.6 Å². The van der Waals surface area contributed by atoms with Crippen molar-refractivity contribution in [3.05, 3.63) is 29.0 Å². The zero-order valence-electron chi connectivity index (χ0n) is 7.05. The Morgan fingerprint density at radius 1 is 1.38 bits per heavy atom. The maximum absolute atomic E-state index is 5.85. The molecule has 0 amide bonds. The fourth-order valence-electron chi connectivity index (χ4n) is 1.62. The van der Waals surface area contributed by atoms with E-state index in [-0.39, 0.29) is 0 Å². The van der Waals surface area contributed by atoms with Gasteiger partial charge in [-0.25, -0.2) is 4.98 Å². The van der Waals surface area contributed by atoms with Crippen LogP contribution in [0.4, 0.5) is 0 Å². The molecule has 0 saturated heterocycles. The Morgan fingerprint density at radius 2 is 2.23 bits per heavy atom. The topological polar surface area (TPSA) is 28.7 Å². The molecule has 13 heavy (non-hydrogen) atoms. The van der Waals surface area contributed by atoms with Gasteiger partial charge < -0.3 is 4.98 Å². The van der Waals surface area contributed by atoms with E-state index in [1.807, 2.05) is 6.07 Å². The summed E-state index contributed by atoms with van der Waals surface area (Å²) in [5.74, 6) is 0.743. The quantitative estimate of drug-likeness (QED) is 0.739. The number of fused-ring (bicyclic) bond motifs is 1. The second-order valence-corrected chi connectivity index (χ2v) is 4.03. The Balaban J connectivity index is 2.20. The van der Waals surface area contributed by atoms with Crippen molar-refractivity contribution in [1.82, 2.24) is 9.97 Å². The van der Waals surface area contributed by atoms with Crippen LogP contribution >= 0.6 is 11.6 Å². The summed E-state index contributed by atoms with van der Waals surface area (Å²) in [5, 5.41) is 1.82. The average Bonchev–Trinajstić information content (AvgIpc) is 2.87. The monoisotopic (exact) mass is 192 g/mol. The molecule has 1 aliphatic carbocycles. The Labute approximate surface area is 80.9 Å². The zero-order valence-corrected chi connectivity index (χ0v) is 7.80. The molecule has 0 spiro atoms. The van der Waals surface area contributed by atoms with Gasteiger partial charge in [0.25, 0.3) is 0 Å². The molecule has 1 aliphatic rings. The number of halogens is 1. The predicted molar refractivity (Wildman–Crippen MR) is 53.1 cm³/mol. The minimum absolute atomic E-state index is 0.703. The summed E-state index contributed by atoms with van der Waals surface area (Å²) in [6.07, 6.45) is 4.29. The Kier molecular flexibility index (Phi) is 1.41. The number of hydrogen-bond acceptors (Lipinski definition) is 1. The minimum Gasteiger partial charge on any atom is -0.343 e. The smallest absolute Gasteiger partial charge is 0.137 e. The number of aromatic nitrogens is 2. The lowest BCUT2D eigenvalue weighted by Crippen LogP contribution is -1.77. The first-order valence-electron chi connectivity index (χ1n) is 4.47. The average molecular weight is 193 g/mol. The Hall–Kier alpha value is -1.02. The molecule has 3 rings (SSSR count). The van der Waals surface area contributed by atoms with E-state index < -0.39 is 0 Å². The van der Waals surface area contributed by atoms with Crippen LogP contribution in [0.2, 0.25) is 5.02 Å². The fourth-order valence-corrected chi connectivity index (χ4v) is 1.79. The summed E-state index contributed by atoms with van der Waals surface area (Å²) in [6, 6.07) is 4.11. The molecule has 2 aromatic rings. The van der Waals surface area contributed by atoms with Crippen LogP contribution in [0.25, 0.3) is 11.0 Å². The summed E-state index contributed by atoms with van der Waals surface area (Å²) in [6.45, 7) is 0. The number of rotatable bonds is 1. The van der Waals surface area contributed by atoms with Crippen molar-refractivity contribution in [2.24, 2.45) is 0 Å². The molecule has 0 unspecified atom stereocenters. The molecular weight excluding hydrogens is 184 g/mol. The van der Waals surface area contributed by atoms with Gasteiger partial charge in [0, 0.05) is 17.3 Å². The van der Waals surface area contributed by atoms with Crippen molar-refractivity contribution in [3.8, 4) is 0 Å². The van der Waals surface area contributed by atoms with E-state index in [0.717, 1.165) is 17.0 Å². The third-order valence-corrected chi connectivity index (χ3v) is 2.68. The van der Waals surface area contributed by atoms with Crippen LogP contribution in [-0.2, 0) is 0 Å².